The van der Waals surface area contributed by atoms with Crippen LogP contribution in [0.25, 0.3) is 0 Å². The first-order chi connectivity index (χ1) is 8.30. The molecule has 1 heterocycles. The fourth-order valence-electron chi connectivity index (χ4n) is 1.64. The van der Waals surface area contributed by atoms with Crippen molar-refractivity contribution in [2.75, 3.05) is 6.61 Å². The number of rotatable bonds is 4. The fourth-order valence-corrected chi connectivity index (χ4v) is 1.64. The van der Waals surface area contributed by atoms with E-state index in [4.69, 9.17) is 9.47 Å². The summed E-state index contributed by atoms with van der Waals surface area (Å²) in [6.07, 6.45) is 5.11. The van der Waals surface area contributed by atoms with E-state index < -0.39 is 5.72 Å². The molecule has 1 aliphatic heterocycles. The average Bonchev–Trinajstić information content (AvgIpc) is 2.40. The Hall–Kier alpha value is -2.10. The van der Waals surface area contributed by atoms with Crippen molar-refractivity contribution >= 4 is 0 Å². The minimum Gasteiger partial charge on any atom is -0.466 e. The third-order valence-corrected chi connectivity index (χ3v) is 2.43. The Morgan fingerprint density at radius 3 is 2.76 bits per heavy atom. The lowest BCUT2D eigenvalue weighted by atomic mass is 10.0. The molecule has 0 saturated heterocycles. The minimum atomic E-state index is -1.21. The van der Waals surface area contributed by atoms with E-state index >= 15 is 0 Å². The molecule has 4 nitrogen and oxygen atoms in total. The molecule has 1 aromatic carbocycles. The Labute approximate surface area is 100 Å². The molecule has 0 bridgehead atoms. The normalized spacial score (nSPS) is 22.5. The molecule has 0 N–H and O–H groups in total. The lowest BCUT2D eigenvalue weighted by Crippen LogP contribution is -2.27. The minimum absolute atomic E-state index is 0.344. The van der Waals surface area contributed by atoms with Gasteiger partial charge in [-0.15, -0.1) is 5.11 Å². The van der Waals surface area contributed by atoms with Crippen LogP contribution in [-0.4, -0.2) is 6.61 Å². The van der Waals surface area contributed by atoms with E-state index in [1.54, 1.807) is 18.2 Å². The van der Waals surface area contributed by atoms with Gasteiger partial charge in [-0.05, 0) is 18.5 Å². The van der Waals surface area contributed by atoms with E-state index in [0.717, 1.165) is 5.56 Å². The molecule has 87 valence electrons. The molecule has 1 aromatic rings. The molecule has 2 rings (SSSR count). The van der Waals surface area contributed by atoms with Crippen LogP contribution in [0.3, 0.4) is 0 Å². The smallest absolute Gasteiger partial charge is 0.281 e. The first-order valence-corrected chi connectivity index (χ1v) is 5.44. The maximum atomic E-state index is 9.25. The largest absolute Gasteiger partial charge is 0.466 e. The zero-order chi connectivity index (χ0) is 12.1. The van der Waals surface area contributed by atoms with Gasteiger partial charge in [0.1, 0.15) is 0 Å². The van der Waals surface area contributed by atoms with Crippen molar-refractivity contribution in [3.63, 3.8) is 0 Å². The molecule has 17 heavy (non-hydrogen) atoms. The second-order valence-electron chi connectivity index (χ2n) is 3.54. The Balaban J connectivity index is 2.32. The standard InChI is InChI=1S/C13H13N2O2/c1-2-16-12-9-6-10-13(15-14,17-12)11-7-4-3-5-8-11/h3-10H,2H2,1H3. The van der Waals surface area contributed by atoms with Crippen LogP contribution >= 0.6 is 0 Å². The van der Waals surface area contributed by atoms with Gasteiger partial charge in [-0.2, -0.15) is 0 Å². The Morgan fingerprint density at radius 2 is 2.12 bits per heavy atom. The van der Waals surface area contributed by atoms with E-state index in [1.165, 1.54) is 0 Å². The van der Waals surface area contributed by atoms with Gasteiger partial charge in [0.05, 0.1) is 6.61 Å². The maximum absolute atomic E-state index is 9.25. The van der Waals surface area contributed by atoms with Gasteiger partial charge < -0.3 is 9.47 Å². The van der Waals surface area contributed by atoms with E-state index in [2.05, 4.69) is 5.11 Å². The summed E-state index contributed by atoms with van der Waals surface area (Å²) in [5, 5.41) is 3.35. The predicted molar refractivity (Wildman–Crippen MR) is 62.6 cm³/mol. The molecule has 1 unspecified atom stereocenters. The molecule has 0 saturated carbocycles. The molecule has 0 fully saturated rings. The lowest BCUT2D eigenvalue weighted by Gasteiger charge is -2.28. The third-order valence-electron chi connectivity index (χ3n) is 2.43. The molecule has 1 radical (unpaired) electrons. The third kappa shape index (κ3) is 2.20. The monoisotopic (exact) mass is 229 g/mol. The molecule has 1 atom stereocenters. The van der Waals surface area contributed by atoms with Crippen molar-refractivity contribution < 1.29 is 9.47 Å². The number of ether oxygens (including phenoxy) is 2. The van der Waals surface area contributed by atoms with Gasteiger partial charge in [0.15, 0.2) is 0 Å². The van der Waals surface area contributed by atoms with Gasteiger partial charge in [-0.1, -0.05) is 36.4 Å². The van der Waals surface area contributed by atoms with Gasteiger partial charge in [0, 0.05) is 11.6 Å². The van der Waals surface area contributed by atoms with Gasteiger partial charge in [0.2, 0.25) is 0 Å². The SMILES string of the molecule is CCOC1=CC=CC(N=[N])(c2ccccc2)O1. The van der Waals surface area contributed by atoms with Crippen molar-refractivity contribution in [2.45, 2.75) is 12.6 Å². The summed E-state index contributed by atoms with van der Waals surface area (Å²) in [6.45, 7) is 2.36. The van der Waals surface area contributed by atoms with E-state index in [-0.39, 0.29) is 0 Å². The molecule has 0 aromatic heterocycles. The quantitative estimate of drug-likeness (QED) is 0.745. The summed E-state index contributed by atoms with van der Waals surface area (Å²) in [5.41, 5.74) is 8.78. The van der Waals surface area contributed by atoms with Gasteiger partial charge >= 0.3 is 0 Å². The summed E-state index contributed by atoms with van der Waals surface area (Å²) in [4.78, 5) is 0. The summed E-state index contributed by atoms with van der Waals surface area (Å²) in [5.74, 6) is 0.344. The van der Waals surface area contributed by atoms with E-state index in [9.17, 15) is 5.53 Å². The number of allylic oxidation sites excluding steroid dienone is 2. The van der Waals surface area contributed by atoms with Crippen molar-refractivity contribution in [3.8, 4) is 0 Å². The number of benzene rings is 1. The number of nitrogens with zero attached hydrogens (tertiary/aromatic N) is 2. The van der Waals surface area contributed by atoms with Crippen LogP contribution in [0.15, 0.2) is 59.6 Å². The molecule has 0 amide bonds. The molecule has 1 aliphatic rings. The summed E-state index contributed by atoms with van der Waals surface area (Å²) in [6, 6.07) is 9.27. The maximum Gasteiger partial charge on any atom is 0.281 e. The van der Waals surface area contributed by atoms with Crippen LogP contribution < -0.4 is 5.53 Å². The molecule has 0 spiro atoms. The van der Waals surface area contributed by atoms with Gasteiger partial charge in [-0.25, -0.2) is 0 Å². The van der Waals surface area contributed by atoms with Crippen molar-refractivity contribution in [1.82, 2.24) is 5.53 Å². The lowest BCUT2D eigenvalue weighted by molar-refractivity contribution is -0.0507. The average molecular weight is 229 g/mol. The summed E-state index contributed by atoms with van der Waals surface area (Å²) >= 11 is 0. The molecule has 0 aliphatic carbocycles. The zero-order valence-corrected chi connectivity index (χ0v) is 9.54. The number of hydrogen-bond acceptors (Lipinski definition) is 3. The van der Waals surface area contributed by atoms with E-state index in [1.807, 2.05) is 37.3 Å². The Bertz CT molecular complexity index is 454. The first kappa shape index (κ1) is 11.4. The molecule has 4 heteroatoms. The van der Waals surface area contributed by atoms with Crippen LogP contribution in [0.5, 0.6) is 0 Å². The predicted octanol–water partition coefficient (Wildman–Crippen LogP) is 2.56. The zero-order valence-electron chi connectivity index (χ0n) is 9.54. The fraction of sp³-hybridized carbons (Fsp3) is 0.231. The topological polar surface area (TPSA) is 53.1 Å². The van der Waals surface area contributed by atoms with Gasteiger partial charge in [0.25, 0.3) is 11.7 Å². The van der Waals surface area contributed by atoms with Gasteiger partial charge in [-0.3, -0.25) is 0 Å². The van der Waals surface area contributed by atoms with Crippen LogP contribution in [0, 0.1) is 0 Å². The molecular weight excluding hydrogens is 216 g/mol. The second-order valence-corrected chi connectivity index (χ2v) is 3.54. The van der Waals surface area contributed by atoms with Crippen LogP contribution in [0.4, 0.5) is 0 Å². The number of hydrogen-bond donors (Lipinski definition) is 0. The second kappa shape index (κ2) is 4.82. The molecular formula is C13H13N2O2. The van der Waals surface area contributed by atoms with E-state index in [0.29, 0.717) is 12.6 Å². The van der Waals surface area contributed by atoms with Crippen LogP contribution in [0.2, 0.25) is 0 Å². The van der Waals surface area contributed by atoms with Crippen molar-refractivity contribution in [3.05, 3.63) is 60.1 Å². The Morgan fingerprint density at radius 1 is 1.35 bits per heavy atom. The van der Waals surface area contributed by atoms with Crippen molar-refractivity contribution in [1.29, 1.82) is 0 Å². The summed E-state index contributed by atoms with van der Waals surface area (Å²) < 4.78 is 10.9. The van der Waals surface area contributed by atoms with Crippen LogP contribution in [0.1, 0.15) is 12.5 Å². The van der Waals surface area contributed by atoms with Crippen LogP contribution in [-0.2, 0) is 15.2 Å². The highest BCUT2D eigenvalue weighted by atomic mass is 16.7. The first-order valence-electron chi connectivity index (χ1n) is 5.44. The van der Waals surface area contributed by atoms with Crippen molar-refractivity contribution in [2.24, 2.45) is 5.11 Å². The Kier molecular flexibility index (Phi) is 3.23. The highest BCUT2D eigenvalue weighted by molar-refractivity contribution is 5.30. The highest BCUT2D eigenvalue weighted by Crippen LogP contribution is 2.33. The summed E-state index contributed by atoms with van der Waals surface area (Å²) in [7, 11) is 0. The highest BCUT2D eigenvalue weighted by Gasteiger charge is 2.34.